The van der Waals surface area contributed by atoms with E-state index in [-0.39, 0.29) is 17.9 Å². The van der Waals surface area contributed by atoms with Crippen molar-refractivity contribution in [2.24, 2.45) is 5.92 Å². The zero-order chi connectivity index (χ0) is 12.1. The van der Waals surface area contributed by atoms with Crippen LogP contribution in [0.4, 0.5) is 0 Å². The van der Waals surface area contributed by atoms with Gasteiger partial charge in [-0.15, -0.1) is 0 Å². The third-order valence-electron chi connectivity index (χ3n) is 3.50. The molecule has 17 heavy (non-hydrogen) atoms. The van der Waals surface area contributed by atoms with Crippen molar-refractivity contribution < 1.29 is 14.3 Å². The van der Waals surface area contributed by atoms with Crippen LogP contribution >= 0.6 is 0 Å². The highest BCUT2D eigenvalue weighted by Crippen LogP contribution is 2.27. The molecule has 2 N–H and O–H groups in total. The Bertz CT molecular complexity index is 281. The van der Waals surface area contributed by atoms with Gasteiger partial charge in [0.2, 0.25) is 5.91 Å². The standard InChI is InChI=1S/C12H20N2O3/c15-11(8-9-4-1-2-5-9)13-14-12(16)10-6-3-7-17-10/h9-10H,1-8H2,(H,13,15)(H,14,16)/t10-/m0/s1. The first-order valence-corrected chi connectivity index (χ1v) is 6.46. The molecule has 1 aliphatic carbocycles. The van der Waals surface area contributed by atoms with Gasteiger partial charge in [0.05, 0.1) is 0 Å². The fraction of sp³-hybridized carbons (Fsp3) is 0.833. The molecule has 1 atom stereocenters. The second-order valence-electron chi connectivity index (χ2n) is 4.89. The molecule has 5 heteroatoms. The van der Waals surface area contributed by atoms with Crippen LogP contribution < -0.4 is 10.9 Å². The number of carbonyl (C=O) groups excluding carboxylic acids is 2. The quantitative estimate of drug-likeness (QED) is 0.720. The van der Waals surface area contributed by atoms with E-state index in [4.69, 9.17) is 4.74 Å². The third kappa shape index (κ3) is 3.70. The maximum absolute atomic E-state index is 11.6. The number of hydrogen-bond acceptors (Lipinski definition) is 3. The molecule has 2 fully saturated rings. The molecule has 0 unspecified atom stereocenters. The Labute approximate surface area is 101 Å². The molecule has 0 bridgehead atoms. The molecule has 2 aliphatic rings. The van der Waals surface area contributed by atoms with E-state index in [0.29, 0.717) is 18.9 Å². The molecule has 96 valence electrons. The van der Waals surface area contributed by atoms with E-state index in [0.717, 1.165) is 25.7 Å². The summed E-state index contributed by atoms with van der Waals surface area (Å²) in [5, 5.41) is 0. The molecule has 1 heterocycles. The highest BCUT2D eigenvalue weighted by atomic mass is 16.5. The summed E-state index contributed by atoms with van der Waals surface area (Å²) < 4.78 is 5.22. The monoisotopic (exact) mass is 240 g/mol. The van der Waals surface area contributed by atoms with E-state index < -0.39 is 0 Å². The zero-order valence-corrected chi connectivity index (χ0v) is 10.0. The fourth-order valence-corrected chi connectivity index (χ4v) is 2.52. The summed E-state index contributed by atoms with van der Waals surface area (Å²) in [5.74, 6) is 0.167. The van der Waals surface area contributed by atoms with Crippen LogP contribution in [0, 0.1) is 5.92 Å². The van der Waals surface area contributed by atoms with Crippen molar-refractivity contribution in [3.63, 3.8) is 0 Å². The van der Waals surface area contributed by atoms with Crippen molar-refractivity contribution in [3.8, 4) is 0 Å². The Morgan fingerprint density at radius 3 is 2.47 bits per heavy atom. The minimum Gasteiger partial charge on any atom is -0.368 e. The minimum atomic E-state index is -0.387. The molecule has 2 rings (SSSR count). The smallest absolute Gasteiger partial charge is 0.267 e. The van der Waals surface area contributed by atoms with Gasteiger partial charge in [0.25, 0.3) is 5.91 Å². The Hall–Kier alpha value is -1.10. The minimum absolute atomic E-state index is 0.0942. The maximum Gasteiger partial charge on any atom is 0.267 e. The number of hydrazine groups is 1. The largest absolute Gasteiger partial charge is 0.368 e. The van der Waals surface area contributed by atoms with Gasteiger partial charge in [-0.3, -0.25) is 20.4 Å². The molecule has 5 nitrogen and oxygen atoms in total. The van der Waals surface area contributed by atoms with Crippen LogP contribution in [-0.4, -0.2) is 24.5 Å². The van der Waals surface area contributed by atoms with E-state index in [2.05, 4.69) is 10.9 Å². The zero-order valence-electron chi connectivity index (χ0n) is 10.0. The third-order valence-corrected chi connectivity index (χ3v) is 3.50. The number of hydrogen-bond donors (Lipinski definition) is 2. The number of amides is 2. The Kier molecular flexibility index (Phi) is 4.36. The Morgan fingerprint density at radius 1 is 1.06 bits per heavy atom. The predicted molar refractivity (Wildman–Crippen MR) is 61.8 cm³/mol. The van der Waals surface area contributed by atoms with Gasteiger partial charge in [-0.1, -0.05) is 12.8 Å². The summed E-state index contributed by atoms with van der Waals surface area (Å²) in [6.07, 6.45) is 6.49. The Balaban J connectivity index is 1.63. The van der Waals surface area contributed by atoms with Crippen LogP contribution in [0.2, 0.25) is 0 Å². The highest BCUT2D eigenvalue weighted by molar-refractivity contribution is 5.84. The van der Waals surface area contributed by atoms with Crippen molar-refractivity contribution >= 4 is 11.8 Å². The lowest BCUT2D eigenvalue weighted by Crippen LogP contribution is -2.46. The average molecular weight is 240 g/mol. The molecule has 0 spiro atoms. The SMILES string of the molecule is O=C(CC1CCCC1)NNC(=O)[C@@H]1CCCO1. The lowest BCUT2D eigenvalue weighted by atomic mass is 10.0. The van der Waals surface area contributed by atoms with E-state index in [1.165, 1.54) is 12.8 Å². The first kappa shape index (κ1) is 12.4. The van der Waals surface area contributed by atoms with Crippen LogP contribution in [0.1, 0.15) is 44.9 Å². The summed E-state index contributed by atoms with van der Waals surface area (Å²) in [6.45, 7) is 0.633. The molecule has 1 saturated carbocycles. The highest BCUT2D eigenvalue weighted by Gasteiger charge is 2.24. The topological polar surface area (TPSA) is 67.4 Å². The normalized spacial score (nSPS) is 24.8. The van der Waals surface area contributed by atoms with Gasteiger partial charge in [0, 0.05) is 13.0 Å². The van der Waals surface area contributed by atoms with Crippen molar-refractivity contribution in [2.45, 2.75) is 51.0 Å². The van der Waals surface area contributed by atoms with Crippen LogP contribution in [0.3, 0.4) is 0 Å². The maximum atomic E-state index is 11.6. The van der Waals surface area contributed by atoms with Crippen molar-refractivity contribution in [2.75, 3.05) is 6.61 Å². The second-order valence-corrected chi connectivity index (χ2v) is 4.89. The lowest BCUT2D eigenvalue weighted by molar-refractivity contribution is -0.135. The summed E-state index contributed by atoms with van der Waals surface area (Å²) in [4.78, 5) is 23.1. The van der Waals surface area contributed by atoms with Gasteiger partial charge in [0.15, 0.2) is 0 Å². The Morgan fingerprint density at radius 2 is 1.82 bits per heavy atom. The van der Waals surface area contributed by atoms with Gasteiger partial charge < -0.3 is 4.74 Å². The van der Waals surface area contributed by atoms with Crippen LogP contribution in [0.15, 0.2) is 0 Å². The summed E-state index contributed by atoms with van der Waals surface area (Å²) >= 11 is 0. The molecule has 0 aromatic rings. The lowest BCUT2D eigenvalue weighted by Gasteiger charge is -2.13. The first-order valence-electron chi connectivity index (χ1n) is 6.46. The molecule has 0 aromatic carbocycles. The summed E-state index contributed by atoms with van der Waals surface area (Å²) in [6, 6.07) is 0. The van der Waals surface area contributed by atoms with Crippen molar-refractivity contribution in [1.29, 1.82) is 0 Å². The number of ether oxygens (including phenoxy) is 1. The molecule has 1 aliphatic heterocycles. The van der Waals surface area contributed by atoms with Crippen LogP contribution in [0.5, 0.6) is 0 Å². The molecule has 0 aromatic heterocycles. The van der Waals surface area contributed by atoms with Crippen LogP contribution in [0.25, 0.3) is 0 Å². The molecule has 0 radical (unpaired) electrons. The van der Waals surface area contributed by atoms with Crippen molar-refractivity contribution in [3.05, 3.63) is 0 Å². The molecule has 2 amide bonds. The summed E-state index contributed by atoms with van der Waals surface area (Å²) in [5.41, 5.74) is 4.90. The van der Waals surface area contributed by atoms with Crippen LogP contribution in [-0.2, 0) is 14.3 Å². The van der Waals surface area contributed by atoms with E-state index in [1.54, 1.807) is 0 Å². The molecular weight excluding hydrogens is 220 g/mol. The number of nitrogens with one attached hydrogen (secondary N) is 2. The number of carbonyl (C=O) groups is 2. The predicted octanol–water partition coefficient (Wildman–Crippen LogP) is 0.893. The number of rotatable bonds is 3. The van der Waals surface area contributed by atoms with Gasteiger partial charge in [-0.05, 0) is 31.6 Å². The molecular formula is C12H20N2O3. The average Bonchev–Trinajstić information content (AvgIpc) is 2.97. The van der Waals surface area contributed by atoms with E-state index >= 15 is 0 Å². The second kappa shape index (κ2) is 6.00. The van der Waals surface area contributed by atoms with E-state index in [1.807, 2.05) is 0 Å². The van der Waals surface area contributed by atoms with Gasteiger partial charge in [-0.2, -0.15) is 0 Å². The van der Waals surface area contributed by atoms with Crippen molar-refractivity contribution in [1.82, 2.24) is 10.9 Å². The van der Waals surface area contributed by atoms with Gasteiger partial charge in [-0.25, -0.2) is 0 Å². The first-order chi connectivity index (χ1) is 8.25. The summed E-state index contributed by atoms with van der Waals surface area (Å²) in [7, 11) is 0. The van der Waals surface area contributed by atoms with Gasteiger partial charge in [0.1, 0.15) is 6.10 Å². The van der Waals surface area contributed by atoms with E-state index in [9.17, 15) is 9.59 Å². The molecule has 1 saturated heterocycles. The fourth-order valence-electron chi connectivity index (χ4n) is 2.52. The van der Waals surface area contributed by atoms with Gasteiger partial charge >= 0.3 is 0 Å².